The summed E-state index contributed by atoms with van der Waals surface area (Å²) in [5.41, 5.74) is 4.44. The molecule has 0 unspecified atom stereocenters. The lowest BCUT2D eigenvalue weighted by atomic mass is 10.3. The van der Waals surface area contributed by atoms with Crippen molar-refractivity contribution in [1.29, 1.82) is 0 Å². The van der Waals surface area contributed by atoms with Crippen LogP contribution in [0.5, 0.6) is 5.75 Å². The average Bonchev–Trinajstić information content (AvgIpc) is 2.56. The Morgan fingerprint density at radius 3 is 2.62 bits per heavy atom. The topological polar surface area (TPSA) is 80.3 Å². The zero-order valence-electron chi connectivity index (χ0n) is 12.3. The number of hydrazine groups is 1. The van der Waals surface area contributed by atoms with E-state index in [0.717, 1.165) is 0 Å². The SMILES string of the molecule is C[C@@H](Oc1ccccc1F)C(=O)NNC(=O)c1cnc(Cl)c(Cl)c1. The van der Waals surface area contributed by atoms with Gasteiger partial charge in [0, 0.05) is 6.20 Å². The van der Waals surface area contributed by atoms with Gasteiger partial charge in [0.05, 0.1) is 10.6 Å². The molecule has 9 heteroatoms. The Kier molecular flexibility index (Phi) is 5.94. The number of benzene rings is 1. The van der Waals surface area contributed by atoms with Gasteiger partial charge in [-0.2, -0.15) is 0 Å². The summed E-state index contributed by atoms with van der Waals surface area (Å²) in [6.45, 7) is 1.41. The highest BCUT2D eigenvalue weighted by Crippen LogP contribution is 2.19. The molecule has 126 valence electrons. The molecule has 2 N–H and O–H groups in total. The van der Waals surface area contributed by atoms with E-state index in [2.05, 4.69) is 15.8 Å². The fraction of sp³-hybridized carbons (Fsp3) is 0.133. The number of carbonyl (C=O) groups excluding carboxylic acids is 2. The minimum atomic E-state index is -1.03. The van der Waals surface area contributed by atoms with Crippen LogP contribution in [0.3, 0.4) is 0 Å². The first-order valence-corrected chi connectivity index (χ1v) is 7.46. The zero-order chi connectivity index (χ0) is 17.7. The summed E-state index contributed by atoms with van der Waals surface area (Å²) in [6, 6.07) is 6.97. The van der Waals surface area contributed by atoms with Gasteiger partial charge >= 0.3 is 0 Å². The van der Waals surface area contributed by atoms with Crippen molar-refractivity contribution in [2.24, 2.45) is 0 Å². The van der Waals surface area contributed by atoms with Crippen LogP contribution in [0.2, 0.25) is 10.2 Å². The van der Waals surface area contributed by atoms with Crippen molar-refractivity contribution >= 4 is 35.0 Å². The standard InChI is InChI=1S/C15H12Cl2FN3O3/c1-8(24-12-5-3-2-4-11(12)18)14(22)20-21-15(23)9-6-10(16)13(17)19-7-9/h2-8H,1H3,(H,20,22)(H,21,23)/t8-/m1/s1. The van der Waals surface area contributed by atoms with Crippen LogP contribution in [-0.2, 0) is 4.79 Å². The molecular formula is C15H12Cl2FN3O3. The molecule has 0 fully saturated rings. The Balaban J connectivity index is 1.91. The molecule has 0 spiro atoms. The van der Waals surface area contributed by atoms with E-state index in [0.29, 0.717) is 0 Å². The molecule has 0 aliphatic heterocycles. The largest absolute Gasteiger partial charge is 0.478 e. The van der Waals surface area contributed by atoms with Gasteiger partial charge in [0.1, 0.15) is 5.15 Å². The van der Waals surface area contributed by atoms with Crippen LogP contribution in [-0.4, -0.2) is 22.9 Å². The van der Waals surface area contributed by atoms with Gasteiger partial charge < -0.3 is 4.74 Å². The van der Waals surface area contributed by atoms with Crippen molar-refractivity contribution in [3.63, 3.8) is 0 Å². The number of halogens is 3. The number of hydrogen-bond donors (Lipinski definition) is 2. The summed E-state index contributed by atoms with van der Waals surface area (Å²) in [4.78, 5) is 27.5. The first-order chi connectivity index (χ1) is 11.4. The number of aromatic nitrogens is 1. The maximum atomic E-state index is 13.5. The molecule has 6 nitrogen and oxygen atoms in total. The van der Waals surface area contributed by atoms with E-state index in [1.165, 1.54) is 37.4 Å². The highest BCUT2D eigenvalue weighted by Gasteiger charge is 2.17. The van der Waals surface area contributed by atoms with Crippen LogP contribution in [0.25, 0.3) is 0 Å². The Morgan fingerprint density at radius 1 is 1.25 bits per heavy atom. The molecule has 24 heavy (non-hydrogen) atoms. The molecule has 1 atom stereocenters. The lowest BCUT2D eigenvalue weighted by Gasteiger charge is -2.15. The lowest BCUT2D eigenvalue weighted by Crippen LogP contribution is -2.47. The Bertz CT molecular complexity index is 773. The van der Waals surface area contributed by atoms with Crippen molar-refractivity contribution in [1.82, 2.24) is 15.8 Å². The van der Waals surface area contributed by atoms with Gasteiger partial charge in [0.15, 0.2) is 17.7 Å². The van der Waals surface area contributed by atoms with Crippen molar-refractivity contribution in [3.8, 4) is 5.75 Å². The first-order valence-electron chi connectivity index (χ1n) is 6.71. The minimum Gasteiger partial charge on any atom is -0.478 e. The molecule has 0 saturated heterocycles. The second-order valence-corrected chi connectivity index (χ2v) is 5.40. The van der Waals surface area contributed by atoms with Crippen LogP contribution >= 0.6 is 23.2 Å². The number of ether oxygens (including phenoxy) is 1. The van der Waals surface area contributed by atoms with E-state index in [1.54, 1.807) is 6.07 Å². The molecule has 0 aliphatic carbocycles. The number of nitrogens with one attached hydrogen (secondary N) is 2. The van der Waals surface area contributed by atoms with E-state index < -0.39 is 23.7 Å². The van der Waals surface area contributed by atoms with E-state index in [1.807, 2.05) is 0 Å². The third-order valence-corrected chi connectivity index (χ3v) is 3.55. The van der Waals surface area contributed by atoms with Crippen molar-refractivity contribution in [3.05, 3.63) is 58.1 Å². The second-order valence-electron chi connectivity index (χ2n) is 4.63. The van der Waals surface area contributed by atoms with Gasteiger partial charge in [-0.05, 0) is 25.1 Å². The summed E-state index contributed by atoms with van der Waals surface area (Å²) in [6.07, 6.45) is 0.170. The second kappa shape index (κ2) is 7.94. The van der Waals surface area contributed by atoms with Gasteiger partial charge in [-0.3, -0.25) is 20.4 Å². The van der Waals surface area contributed by atoms with Gasteiger partial charge in [0.2, 0.25) is 0 Å². The van der Waals surface area contributed by atoms with Crippen LogP contribution in [0.15, 0.2) is 36.5 Å². The summed E-state index contributed by atoms with van der Waals surface area (Å²) in [5.74, 6) is -1.98. The summed E-state index contributed by atoms with van der Waals surface area (Å²) < 4.78 is 18.7. The fourth-order valence-corrected chi connectivity index (χ4v) is 1.89. The van der Waals surface area contributed by atoms with Crippen molar-refractivity contribution < 1.29 is 18.7 Å². The molecule has 1 heterocycles. The van der Waals surface area contributed by atoms with E-state index in [4.69, 9.17) is 27.9 Å². The van der Waals surface area contributed by atoms with Gasteiger partial charge in [-0.25, -0.2) is 9.37 Å². The molecule has 0 aliphatic rings. The number of nitrogens with zero attached hydrogens (tertiary/aromatic N) is 1. The summed E-state index contributed by atoms with van der Waals surface area (Å²) >= 11 is 11.4. The van der Waals surface area contributed by atoms with Crippen LogP contribution < -0.4 is 15.6 Å². The number of rotatable bonds is 4. The maximum absolute atomic E-state index is 13.5. The van der Waals surface area contributed by atoms with Crippen LogP contribution in [0, 0.1) is 5.82 Å². The minimum absolute atomic E-state index is 0.0594. The molecule has 0 radical (unpaired) electrons. The fourth-order valence-electron chi connectivity index (χ4n) is 1.62. The first kappa shape index (κ1) is 18.0. The Labute approximate surface area is 146 Å². The molecule has 1 aromatic heterocycles. The van der Waals surface area contributed by atoms with Crippen molar-refractivity contribution in [2.45, 2.75) is 13.0 Å². The summed E-state index contributed by atoms with van der Waals surface area (Å²) in [7, 11) is 0. The normalized spacial score (nSPS) is 11.5. The molecular weight excluding hydrogens is 360 g/mol. The smallest absolute Gasteiger partial charge is 0.279 e. The predicted molar refractivity (Wildman–Crippen MR) is 86.4 cm³/mol. The zero-order valence-corrected chi connectivity index (χ0v) is 13.9. The number of pyridine rings is 1. The molecule has 1 aromatic carbocycles. The lowest BCUT2D eigenvalue weighted by molar-refractivity contribution is -0.128. The average molecular weight is 372 g/mol. The monoisotopic (exact) mass is 371 g/mol. The predicted octanol–water partition coefficient (Wildman–Crippen LogP) is 2.76. The van der Waals surface area contributed by atoms with Crippen molar-refractivity contribution in [2.75, 3.05) is 0 Å². The number of amides is 2. The molecule has 0 saturated carbocycles. The van der Waals surface area contributed by atoms with E-state index in [-0.39, 0.29) is 21.5 Å². The Morgan fingerprint density at radius 2 is 1.96 bits per heavy atom. The Hall–Kier alpha value is -2.38. The number of para-hydroxylation sites is 1. The van der Waals surface area contributed by atoms with E-state index in [9.17, 15) is 14.0 Å². The molecule has 2 aromatic rings. The van der Waals surface area contributed by atoms with Gasteiger partial charge in [-0.1, -0.05) is 35.3 Å². The molecule has 2 rings (SSSR count). The van der Waals surface area contributed by atoms with Crippen LogP contribution in [0.1, 0.15) is 17.3 Å². The van der Waals surface area contributed by atoms with E-state index >= 15 is 0 Å². The van der Waals surface area contributed by atoms with Gasteiger partial charge in [0.25, 0.3) is 11.8 Å². The maximum Gasteiger partial charge on any atom is 0.279 e. The molecule has 2 amide bonds. The van der Waals surface area contributed by atoms with Crippen LogP contribution in [0.4, 0.5) is 4.39 Å². The highest BCUT2D eigenvalue weighted by atomic mass is 35.5. The highest BCUT2D eigenvalue weighted by molar-refractivity contribution is 6.41. The quantitative estimate of drug-likeness (QED) is 0.639. The van der Waals surface area contributed by atoms with Gasteiger partial charge in [-0.15, -0.1) is 0 Å². The molecule has 0 bridgehead atoms. The third kappa shape index (κ3) is 4.56. The summed E-state index contributed by atoms with van der Waals surface area (Å²) in [5, 5.41) is 0.163. The third-order valence-electron chi connectivity index (χ3n) is 2.87. The number of carbonyl (C=O) groups is 2. The number of hydrogen-bond acceptors (Lipinski definition) is 4.